The summed E-state index contributed by atoms with van der Waals surface area (Å²) in [6.07, 6.45) is 6.57. The highest BCUT2D eigenvalue weighted by Crippen LogP contribution is 2.27. The molecule has 0 aromatic heterocycles. The fraction of sp³-hybridized carbons (Fsp3) is 0.222. The molecule has 2 rings (SSSR count). The minimum atomic E-state index is -0.638. The van der Waals surface area contributed by atoms with Gasteiger partial charge in [0, 0.05) is 11.9 Å². The quantitative estimate of drug-likeness (QED) is 0.774. The molecule has 1 aromatic carbocycles. The van der Waals surface area contributed by atoms with Crippen LogP contribution in [0.4, 0.5) is 5.69 Å². The molecule has 6 nitrogen and oxygen atoms in total. The lowest BCUT2D eigenvalue weighted by atomic mass is 10.1. The van der Waals surface area contributed by atoms with Crippen LogP contribution in [0.5, 0.6) is 5.75 Å². The molecule has 6 heteroatoms. The molecule has 0 unspecified atom stereocenters. The van der Waals surface area contributed by atoms with Gasteiger partial charge in [-0.05, 0) is 43.3 Å². The zero-order chi connectivity index (χ0) is 17.5. The maximum absolute atomic E-state index is 12.3. The van der Waals surface area contributed by atoms with E-state index in [0.29, 0.717) is 12.3 Å². The van der Waals surface area contributed by atoms with E-state index in [-0.39, 0.29) is 11.3 Å². The van der Waals surface area contributed by atoms with E-state index in [0.717, 1.165) is 5.75 Å². The van der Waals surface area contributed by atoms with Gasteiger partial charge in [0.05, 0.1) is 26.4 Å². The molecule has 0 bridgehead atoms. The van der Waals surface area contributed by atoms with Crippen LogP contribution < -0.4 is 9.64 Å². The number of hydrogen-bond acceptors (Lipinski definition) is 6. The van der Waals surface area contributed by atoms with Gasteiger partial charge in [0.25, 0.3) is 0 Å². The minimum Gasteiger partial charge on any atom is -0.494 e. The average Bonchev–Trinajstić information content (AvgIpc) is 2.84. The Morgan fingerprint density at radius 3 is 2.25 bits per heavy atom. The first-order valence-corrected chi connectivity index (χ1v) is 7.40. The topological polar surface area (TPSA) is 65.1 Å². The van der Waals surface area contributed by atoms with Gasteiger partial charge in [0.15, 0.2) is 0 Å². The Balaban J connectivity index is 2.52. The maximum atomic E-state index is 12.3. The van der Waals surface area contributed by atoms with E-state index in [2.05, 4.69) is 0 Å². The van der Waals surface area contributed by atoms with E-state index in [4.69, 9.17) is 14.2 Å². The lowest BCUT2D eigenvalue weighted by Crippen LogP contribution is -2.26. The zero-order valence-corrected chi connectivity index (χ0v) is 13.8. The Bertz CT molecular complexity index is 701. The predicted octanol–water partition coefficient (Wildman–Crippen LogP) is 2.58. The smallest absolute Gasteiger partial charge is 0.355 e. The summed E-state index contributed by atoms with van der Waals surface area (Å²) in [5.74, 6) is -0.540. The van der Waals surface area contributed by atoms with E-state index >= 15 is 0 Å². The fourth-order valence-corrected chi connectivity index (χ4v) is 2.24. The summed E-state index contributed by atoms with van der Waals surface area (Å²) in [6, 6.07) is 7.16. The average molecular weight is 329 g/mol. The Kier molecular flexibility index (Phi) is 5.78. The van der Waals surface area contributed by atoms with Gasteiger partial charge in [-0.25, -0.2) is 9.59 Å². The van der Waals surface area contributed by atoms with Crippen molar-refractivity contribution in [1.82, 2.24) is 0 Å². The van der Waals surface area contributed by atoms with Crippen molar-refractivity contribution < 1.29 is 23.8 Å². The molecule has 0 saturated heterocycles. The number of esters is 2. The van der Waals surface area contributed by atoms with Crippen LogP contribution in [-0.2, 0) is 19.1 Å². The number of methoxy groups -OCH3 is 2. The van der Waals surface area contributed by atoms with E-state index in [1.807, 2.05) is 6.92 Å². The molecule has 1 aliphatic rings. The molecule has 1 aliphatic heterocycles. The van der Waals surface area contributed by atoms with Crippen LogP contribution in [0.25, 0.3) is 0 Å². The molecule has 126 valence electrons. The summed E-state index contributed by atoms with van der Waals surface area (Å²) in [5, 5.41) is 0. The second-order valence-corrected chi connectivity index (χ2v) is 4.74. The Hall–Kier alpha value is -3.02. The number of carbonyl (C=O) groups excluding carboxylic acids is 2. The van der Waals surface area contributed by atoms with E-state index < -0.39 is 11.9 Å². The van der Waals surface area contributed by atoms with Gasteiger partial charge < -0.3 is 19.1 Å². The van der Waals surface area contributed by atoms with Gasteiger partial charge in [-0.1, -0.05) is 6.08 Å². The summed E-state index contributed by atoms with van der Waals surface area (Å²) in [4.78, 5) is 25.9. The van der Waals surface area contributed by atoms with Crippen molar-refractivity contribution in [2.45, 2.75) is 6.92 Å². The molecule has 24 heavy (non-hydrogen) atoms. The van der Waals surface area contributed by atoms with Gasteiger partial charge in [-0.2, -0.15) is 0 Å². The molecule has 0 radical (unpaired) electrons. The molecule has 1 aromatic rings. The Morgan fingerprint density at radius 2 is 1.67 bits per heavy atom. The van der Waals surface area contributed by atoms with Crippen LogP contribution in [0.15, 0.2) is 60.0 Å². The number of allylic oxidation sites excluding steroid dienone is 2. The van der Waals surface area contributed by atoms with Crippen LogP contribution in [0.2, 0.25) is 0 Å². The minimum absolute atomic E-state index is 0.0820. The third-order valence-corrected chi connectivity index (χ3v) is 3.32. The zero-order valence-electron chi connectivity index (χ0n) is 13.8. The second-order valence-electron chi connectivity index (χ2n) is 4.74. The summed E-state index contributed by atoms with van der Waals surface area (Å²) < 4.78 is 15.0. The standard InChI is InChI=1S/C18H19NO5/c1-4-24-14-10-8-13(9-11-14)19-12-6-5-7-15(17(20)22-2)16(19)18(21)23-3/h5-12H,4H2,1-3H3. The van der Waals surface area contributed by atoms with Crippen LogP contribution in [-0.4, -0.2) is 32.8 Å². The molecular weight excluding hydrogens is 310 g/mol. The van der Waals surface area contributed by atoms with Crippen molar-refractivity contribution in [3.05, 3.63) is 60.0 Å². The van der Waals surface area contributed by atoms with Crippen LogP contribution in [0, 0.1) is 0 Å². The van der Waals surface area contributed by atoms with Crippen molar-refractivity contribution in [2.24, 2.45) is 0 Å². The predicted molar refractivity (Wildman–Crippen MR) is 89.4 cm³/mol. The lowest BCUT2D eigenvalue weighted by Gasteiger charge is -2.23. The van der Waals surface area contributed by atoms with Crippen molar-refractivity contribution in [3.63, 3.8) is 0 Å². The molecular formula is C18H19NO5. The normalized spacial score (nSPS) is 13.5. The second kappa shape index (κ2) is 8.01. The number of benzene rings is 1. The number of anilines is 1. The molecule has 0 aliphatic carbocycles. The van der Waals surface area contributed by atoms with Gasteiger partial charge in [-0.15, -0.1) is 0 Å². The summed E-state index contributed by atoms with van der Waals surface area (Å²) in [5.41, 5.74) is 0.877. The maximum Gasteiger partial charge on any atom is 0.355 e. The van der Waals surface area contributed by atoms with Gasteiger partial charge in [-0.3, -0.25) is 0 Å². The highest BCUT2D eigenvalue weighted by Gasteiger charge is 2.27. The number of hydrogen-bond donors (Lipinski definition) is 0. The Labute approximate surface area is 140 Å². The first kappa shape index (κ1) is 17.3. The van der Waals surface area contributed by atoms with Gasteiger partial charge in [0.2, 0.25) is 0 Å². The highest BCUT2D eigenvalue weighted by molar-refractivity contribution is 6.05. The number of carbonyl (C=O) groups is 2. The van der Waals surface area contributed by atoms with Crippen molar-refractivity contribution in [2.75, 3.05) is 25.7 Å². The van der Waals surface area contributed by atoms with Crippen LogP contribution >= 0.6 is 0 Å². The van der Waals surface area contributed by atoms with Crippen LogP contribution in [0.3, 0.4) is 0 Å². The molecule has 0 amide bonds. The van der Waals surface area contributed by atoms with E-state index in [1.165, 1.54) is 20.3 Å². The first-order chi connectivity index (χ1) is 11.6. The monoisotopic (exact) mass is 329 g/mol. The molecule has 0 fully saturated rings. The third-order valence-electron chi connectivity index (χ3n) is 3.32. The summed E-state index contributed by atoms with van der Waals surface area (Å²) in [7, 11) is 2.52. The SMILES string of the molecule is CCOc1ccc(N2C=CC=CC(C(=O)OC)=C2C(=O)OC)cc1. The highest BCUT2D eigenvalue weighted by atomic mass is 16.5. The largest absolute Gasteiger partial charge is 0.494 e. The molecule has 1 heterocycles. The van der Waals surface area contributed by atoms with Crippen molar-refractivity contribution >= 4 is 17.6 Å². The summed E-state index contributed by atoms with van der Waals surface area (Å²) >= 11 is 0. The molecule has 0 atom stereocenters. The lowest BCUT2D eigenvalue weighted by molar-refractivity contribution is -0.139. The Morgan fingerprint density at radius 1 is 1.00 bits per heavy atom. The van der Waals surface area contributed by atoms with E-state index in [1.54, 1.807) is 47.5 Å². The number of ether oxygens (including phenoxy) is 3. The summed E-state index contributed by atoms with van der Waals surface area (Å²) in [6.45, 7) is 2.46. The number of rotatable bonds is 5. The van der Waals surface area contributed by atoms with Crippen LogP contribution in [0.1, 0.15) is 6.92 Å². The third kappa shape index (κ3) is 3.65. The molecule has 0 N–H and O–H groups in total. The van der Waals surface area contributed by atoms with Crippen molar-refractivity contribution in [1.29, 1.82) is 0 Å². The van der Waals surface area contributed by atoms with Gasteiger partial charge >= 0.3 is 11.9 Å². The molecule has 0 spiro atoms. The van der Waals surface area contributed by atoms with Gasteiger partial charge in [0.1, 0.15) is 11.4 Å². The van der Waals surface area contributed by atoms with E-state index in [9.17, 15) is 9.59 Å². The number of nitrogens with zero attached hydrogens (tertiary/aromatic N) is 1. The van der Waals surface area contributed by atoms with Crippen molar-refractivity contribution in [3.8, 4) is 5.75 Å². The fourth-order valence-electron chi connectivity index (χ4n) is 2.24. The molecule has 0 saturated carbocycles. The first-order valence-electron chi connectivity index (χ1n) is 7.40.